The summed E-state index contributed by atoms with van der Waals surface area (Å²) in [4.78, 5) is 17.1. The van der Waals surface area contributed by atoms with Crippen molar-refractivity contribution >= 4 is 0 Å². The molecular formula is C17H19N3O. The second kappa shape index (κ2) is 4.81. The van der Waals surface area contributed by atoms with Gasteiger partial charge in [0.1, 0.15) is 0 Å². The van der Waals surface area contributed by atoms with Crippen molar-refractivity contribution in [2.45, 2.75) is 25.8 Å². The molecule has 0 spiro atoms. The summed E-state index contributed by atoms with van der Waals surface area (Å²) in [6.45, 7) is 4.85. The van der Waals surface area contributed by atoms with Gasteiger partial charge >= 0.3 is 0 Å². The van der Waals surface area contributed by atoms with E-state index in [0.29, 0.717) is 11.8 Å². The van der Waals surface area contributed by atoms with Crippen LogP contribution in [0.1, 0.15) is 23.6 Å². The van der Waals surface area contributed by atoms with Crippen LogP contribution in [0, 0.1) is 12.8 Å². The van der Waals surface area contributed by atoms with Crippen LogP contribution in [0.4, 0.5) is 0 Å². The average Bonchev–Trinajstić information content (AvgIpc) is 2.49. The summed E-state index contributed by atoms with van der Waals surface area (Å²) in [5, 5.41) is 3.48. The van der Waals surface area contributed by atoms with Gasteiger partial charge in [-0.25, -0.2) is 0 Å². The highest BCUT2D eigenvalue weighted by atomic mass is 16.1. The monoisotopic (exact) mass is 281 g/mol. The Labute approximate surface area is 123 Å². The highest BCUT2D eigenvalue weighted by Crippen LogP contribution is 2.32. The molecule has 1 fully saturated rings. The van der Waals surface area contributed by atoms with E-state index in [1.807, 2.05) is 29.8 Å². The normalized spacial score (nSPS) is 23.7. The number of aryl methyl sites for hydroxylation is 1. The highest BCUT2D eigenvalue weighted by molar-refractivity contribution is 5.62. The number of hydrogen-bond donors (Lipinski definition) is 1. The zero-order chi connectivity index (χ0) is 14.4. The highest BCUT2D eigenvalue weighted by Gasteiger charge is 2.31. The summed E-state index contributed by atoms with van der Waals surface area (Å²) in [6.07, 6.45) is 4.80. The third-order valence-corrected chi connectivity index (χ3v) is 4.69. The molecule has 2 unspecified atom stereocenters. The number of hydrogen-bond acceptors (Lipinski definition) is 3. The van der Waals surface area contributed by atoms with E-state index in [1.54, 1.807) is 6.20 Å². The van der Waals surface area contributed by atoms with E-state index in [4.69, 9.17) is 0 Å². The quantitative estimate of drug-likeness (QED) is 0.869. The molecule has 21 heavy (non-hydrogen) atoms. The first-order valence-electron chi connectivity index (χ1n) is 7.59. The zero-order valence-corrected chi connectivity index (χ0v) is 12.2. The summed E-state index contributed by atoms with van der Waals surface area (Å²) >= 11 is 0. The third-order valence-electron chi connectivity index (χ3n) is 4.69. The van der Waals surface area contributed by atoms with Crippen LogP contribution in [0.3, 0.4) is 0 Å². The summed E-state index contributed by atoms with van der Waals surface area (Å²) in [6, 6.07) is 6.13. The van der Waals surface area contributed by atoms with Gasteiger partial charge in [-0.3, -0.25) is 9.78 Å². The van der Waals surface area contributed by atoms with Gasteiger partial charge < -0.3 is 9.88 Å². The number of pyridine rings is 2. The van der Waals surface area contributed by atoms with Crippen molar-refractivity contribution in [3.05, 3.63) is 52.2 Å². The molecule has 4 heteroatoms. The Bertz CT molecular complexity index is 750. The summed E-state index contributed by atoms with van der Waals surface area (Å²) in [5.41, 5.74) is 4.09. The molecule has 108 valence electrons. The lowest BCUT2D eigenvalue weighted by atomic mass is 9.84. The van der Waals surface area contributed by atoms with Crippen molar-refractivity contribution in [1.82, 2.24) is 14.9 Å². The second-order valence-electron chi connectivity index (χ2n) is 6.30. The number of fused-ring (bicyclic) bond motifs is 4. The lowest BCUT2D eigenvalue weighted by Crippen LogP contribution is -2.45. The average molecular weight is 281 g/mol. The first-order chi connectivity index (χ1) is 10.2. The lowest BCUT2D eigenvalue weighted by molar-refractivity contribution is 0.257. The minimum Gasteiger partial charge on any atom is -0.316 e. The minimum absolute atomic E-state index is 0.136. The van der Waals surface area contributed by atoms with Crippen LogP contribution in [0.15, 0.2) is 35.4 Å². The topological polar surface area (TPSA) is 46.9 Å². The maximum Gasteiger partial charge on any atom is 0.258 e. The van der Waals surface area contributed by atoms with E-state index in [1.165, 1.54) is 12.1 Å². The fourth-order valence-electron chi connectivity index (χ4n) is 3.71. The molecule has 4 rings (SSSR count). The molecule has 0 aliphatic carbocycles. The molecule has 2 bridgehead atoms. The van der Waals surface area contributed by atoms with Gasteiger partial charge in [0, 0.05) is 48.2 Å². The van der Waals surface area contributed by atoms with E-state index >= 15 is 0 Å². The van der Waals surface area contributed by atoms with Crippen molar-refractivity contribution in [2.75, 3.05) is 13.1 Å². The summed E-state index contributed by atoms with van der Waals surface area (Å²) < 4.78 is 2.00. The van der Waals surface area contributed by atoms with Gasteiger partial charge in [-0.05, 0) is 49.6 Å². The first kappa shape index (κ1) is 12.8. The molecule has 0 aromatic carbocycles. The largest absolute Gasteiger partial charge is 0.316 e. The Balaban J connectivity index is 1.86. The number of rotatable bonds is 1. The van der Waals surface area contributed by atoms with Gasteiger partial charge in [-0.1, -0.05) is 0 Å². The Hall–Kier alpha value is -1.94. The van der Waals surface area contributed by atoms with Crippen LogP contribution < -0.4 is 10.9 Å². The maximum atomic E-state index is 12.9. The molecule has 1 saturated heterocycles. The standard InChI is InChI=1S/C17H19N3O/c1-11-4-13(8-18-6-11)15-2-3-16-14-5-12(7-19-9-14)10-20(16)17(15)21/h2-4,6,8,12,14,19H,5,7,9-10H2,1H3. The van der Waals surface area contributed by atoms with Crippen LogP contribution in [0.25, 0.3) is 11.1 Å². The molecule has 2 atom stereocenters. The molecule has 4 heterocycles. The SMILES string of the molecule is Cc1cncc(-c2ccc3n(c2=O)CC2CNCC3C2)c1. The molecule has 2 aromatic rings. The van der Waals surface area contributed by atoms with Gasteiger partial charge in [0.25, 0.3) is 5.56 Å². The molecule has 0 amide bonds. The Morgan fingerprint density at radius 1 is 1.29 bits per heavy atom. The van der Waals surface area contributed by atoms with Crippen molar-refractivity contribution in [1.29, 1.82) is 0 Å². The predicted molar refractivity (Wildman–Crippen MR) is 82.4 cm³/mol. The van der Waals surface area contributed by atoms with E-state index < -0.39 is 0 Å². The third kappa shape index (κ3) is 2.10. The fraction of sp³-hybridized carbons (Fsp3) is 0.412. The zero-order valence-electron chi connectivity index (χ0n) is 12.2. The number of nitrogens with zero attached hydrogens (tertiary/aromatic N) is 2. The first-order valence-corrected chi connectivity index (χ1v) is 7.59. The minimum atomic E-state index is 0.136. The smallest absolute Gasteiger partial charge is 0.258 e. The summed E-state index contributed by atoms with van der Waals surface area (Å²) in [7, 11) is 0. The van der Waals surface area contributed by atoms with E-state index in [-0.39, 0.29) is 5.56 Å². The number of nitrogens with one attached hydrogen (secondary N) is 1. The van der Waals surface area contributed by atoms with Crippen molar-refractivity contribution in [3.8, 4) is 11.1 Å². The fourth-order valence-corrected chi connectivity index (χ4v) is 3.71. The van der Waals surface area contributed by atoms with Crippen molar-refractivity contribution in [2.24, 2.45) is 5.92 Å². The molecule has 2 aromatic heterocycles. The van der Waals surface area contributed by atoms with Crippen molar-refractivity contribution in [3.63, 3.8) is 0 Å². The van der Waals surface area contributed by atoms with Gasteiger partial charge in [-0.2, -0.15) is 0 Å². The Kier molecular flexibility index (Phi) is 2.93. The van der Waals surface area contributed by atoms with Crippen LogP contribution >= 0.6 is 0 Å². The molecule has 2 aliphatic rings. The van der Waals surface area contributed by atoms with Crippen LogP contribution in [0.5, 0.6) is 0 Å². The number of aromatic nitrogens is 2. The Morgan fingerprint density at radius 3 is 3.05 bits per heavy atom. The summed E-state index contributed by atoms with van der Waals surface area (Å²) in [5.74, 6) is 1.06. The van der Waals surface area contributed by atoms with E-state index in [2.05, 4.69) is 16.4 Å². The second-order valence-corrected chi connectivity index (χ2v) is 6.30. The van der Waals surface area contributed by atoms with Crippen LogP contribution in [-0.2, 0) is 6.54 Å². The molecule has 0 saturated carbocycles. The molecular weight excluding hydrogens is 262 g/mol. The molecule has 4 nitrogen and oxygen atoms in total. The van der Waals surface area contributed by atoms with Gasteiger partial charge in [0.15, 0.2) is 0 Å². The van der Waals surface area contributed by atoms with Gasteiger partial charge in [-0.15, -0.1) is 0 Å². The molecule has 1 N–H and O–H groups in total. The van der Waals surface area contributed by atoms with Gasteiger partial charge in [0.05, 0.1) is 0 Å². The molecule has 2 aliphatic heterocycles. The van der Waals surface area contributed by atoms with Crippen LogP contribution in [-0.4, -0.2) is 22.6 Å². The lowest BCUT2D eigenvalue weighted by Gasteiger charge is -2.37. The maximum absolute atomic E-state index is 12.9. The predicted octanol–water partition coefficient (Wildman–Crippen LogP) is 1.93. The van der Waals surface area contributed by atoms with Gasteiger partial charge in [0.2, 0.25) is 0 Å². The van der Waals surface area contributed by atoms with Crippen molar-refractivity contribution < 1.29 is 0 Å². The molecule has 0 radical (unpaired) electrons. The number of piperidine rings is 1. The van der Waals surface area contributed by atoms with E-state index in [0.717, 1.165) is 36.3 Å². The van der Waals surface area contributed by atoms with E-state index in [9.17, 15) is 4.79 Å². The Morgan fingerprint density at radius 2 is 2.19 bits per heavy atom. The van der Waals surface area contributed by atoms with Crippen LogP contribution in [0.2, 0.25) is 0 Å².